The highest BCUT2D eigenvalue weighted by molar-refractivity contribution is 7.89. The van der Waals surface area contributed by atoms with E-state index in [1.165, 1.54) is 5.56 Å². The lowest BCUT2D eigenvalue weighted by atomic mass is 9.85. The van der Waals surface area contributed by atoms with Crippen molar-refractivity contribution in [1.29, 1.82) is 0 Å². The number of piperazine rings is 1. The number of likely N-dealkylation sites (tertiary alicyclic amines) is 1. The van der Waals surface area contributed by atoms with Gasteiger partial charge in [-0.05, 0) is 115 Å². The first-order valence-electron chi connectivity index (χ1n) is 19.7. The number of fused-ring (bicyclic) bond motifs is 1. The molecule has 2 amide bonds. The van der Waals surface area contributed by atoms with Crippen LogP contribution in [0, 0.1) is 11.8 Å². The summed E-state index contributed by atoms with van der Waals surface area (Å²) >= 11 is 0. The number of rotatable bonds is 17. The second-order valence-corrected chi connectivity index (χ2v) is 17.9. The maximum absolute atomic E-state index is 13.2. The Morgan fingerprint density at radius 2 is 1.68 bits per heavy atom. The molecule has 0 saturated carbocycles. The standard InChI is InChI=1S/C39H65N5O8S/c1-7-9-22-53(48,49)41-35(37(46)51-8-2)26-40-36(45)25-31-17-21-44-27-32(23-30-10-12-34(50-6)13-11-30)43(28-33(44)24-31)20-16-29-14-18-42(19-15-29)38(47)52-39(3,4)5/h10-13,29,31-33,35,41H,7-9,14-28H2,1-6H3,(H,40,45)/t31?,32-,33+,35-/m0/s1. The van der Waals surface area contributed by atoms with E-state index in [2.05, 4.69) is 32.0 Å². The van der Waals surface area contributed by atoms with Crippen LogP contribution in [0.2, 0.25) is 0 Å². The van der Waals surface area contributed by atoms with Gasteiger partial charge in [0.15, 0.2) is 0 Å². The normalized spacial score (nSPS) is 22.5. The Labute approximate surface area is 317 Å². The SMILES string of the molecule is CCCCS(=O)(=O)N[C@@H](CNC(=O)CC1CCN2C[C@H](Cc3ccc(OC)cc3)N(CCC3CCN(C(=O)OC(C)(C)C)CC3)C[C@H]2C1)C(=O)OCC. The molecule has 2 N–H and O–H groups in total. The molecule has 13 nitrogen and oxygen atoms in total. The van der Waals surface area contributed by atoms with Gasteiger partial charge in [-0.1, -0.05) is 25.5 Å². The molecule has 0 spiro atoms. The van der Waals surface area contributed by atoms with Gasteiger partial charge in [-0.15, -0.1) is 0 Å². The number of ether oxygens (including phenoxy) is 3. The monoisotopic (exact) mass is 763 g/mol. The molecule has 3 heterocycles. The van der Waals surface area contributed by atoms with Crippen LogP contribution in [0.4, 0.5) is 4.79 Å². The largest absolute Gasteiger partial charge is 0.497 e. The van der Waals surface area contributed by atoms with Gasteiger partial charge in [-0.2, -0.15) is 4.72 Å². The highest BCUT2D eigenvalue weighted by Gasteiger charge is 2.38. The molecular weight excluding hydrogens is 699 g/mol. The summed E-state index contributed by atoms with van der Waals surface area (Å²) in [6.07, 6.45) is 7.06. The average molecular weight is 764 g/mol. The number of nitrogens with zero attached hydrogens (tertiary/aromatic N) is 3. The predicted molar refractivity (Wildman–Crippen MR) is 205 cm³/mol. The molecular formula is C39H65N5O8S. The average Bonchev–Trinajstić information content (AvgIpc) is 3.11. The molecule has 53 heavy (non-hydrogen) atoms. The van der Waals surface area contributed by atoms with E-state index >= 15 is 0 Å². The zero-order chi connectivity index (χ0) is 38.6. The van der Waals surface area contributed by atoms with E-state index < -0.39 is 27.6 Å². The summed E-state index contributed by atoms with van der Waals surface area (Å²) in [5.74, 6) is 0.623. The summed E-state index contributed by atoms with van der Waals surface area (Å²) < 4.78 is 43.6. The Morgan fingerprint density at radius 3 is 2.32 bits per heavy atom. The Kier molecular flexibility index (Phi) is 16.2. The lowest BCUT2D eigenvalue weighted by Crippen LogP contribution is -2.61. The van der Waals surface area contributed by atoms with Crippen molar-refractivity contribution < 1.29 is 37.0 Å². The van der Waals surface area contributed by atoms with Crippen molar-refractivity contribution in [2.45, 2.75) is 116 Å². The van der Waals surface area contributed by atoms with Gasteiger partial charge in [0, 0.05) is 51.2 Å². The lowest BCUT2D eigenvalue weighted by Gasteiger charge is -2.50. The summed E-state index contributed by atoms with van der Waals surface area (Å²) in [5.41, 5.74) is 0.783. The minimum Gasteiger partial charge on any atom is -0.497 e. The molecule has 1 unspecified atom stereocenters. The molecule has 4 atom stereocenters. The summed E-state index contributed by atoms with van der Waals surface area (Å²) in [6, 6.07) is 7.89. The van der Waals surface area contributed by atoms with E-state index in [0.717, 1.165) is 83.5 Å². The highest BCUT2D eigenvalue weighted by atomic mass is 32.2. The van der Waals surface area contributed by atoms with Gasteiger partial charge in [-0.25, -0.2) is 13.2 Å². The van der Waals surface area contributed by atoms with Gasteiger partial charge < -0.3 is 24.4 Å². The molecule has 3 saturated heterocycles. The van der Waals surface area contributed by atoms with Crippen LogP contribution in [0.5, 0.6) is 5.75 Å². The predicted octanol–water partition coefficient (Wildman–Crippen LogP) is 4.20. The van der Waals surface area contributed by atoms with E-state index in [-0.39, 0.29) is 36.8 Å². The van der Waals surface area contributed by atoms with Crippen molar-refractivity contribution in [1.82, 2.24) is 24.7 Å². The fourth-order valence-corrected chi connectivity index (χ4v) is 9.16. The van der Waals surface area contributed by atoms with Crippen molar-refractivity contribution in [3.63, 3.8) is 0 Å². The topological polar surface area (TPSA) is 147 Å². The molecule has 3 aliphatic heterocycles. The maximum atomic E-state index is 13.2. The van der Waals surface area contributed by atoms with Crippen LogP contribution in [0.15, 0.2) is 24.3 Å². The Balaban J connectivity index is 1.34. The molecule has 14 heteroatoms. The van der Waals surface area contributed by atoms with E-state index in [0.29, 0.717) is 37.3 Å². The molecule has 1 aromatic rings. The molecule has 0 bridgehead atoms. The quantitative estimate of drug-likeness (QED) is 0.222. The third-order valence-electron chi connectivity index (χ3n) is 10.7. The van der Waals surface area contributed by atoms with Gasteiger partial charge in [0.05, 0.1) is 19.5 Å². The van der Waals surface area contributed by atoms with Crippen LogP contribution in [0.1, 0.15) is 91.5 Å². The highest BCUT2D eigenvalue weighted by Crippen LogP contribution is 2.32. The lowest BCUT2D eigenvalue weighted by molar-refractivity contribution is -0.145. The van der Waals surface area contributed by atoms with Gasteiger partial charge in [0.2, 0.25) is 15.9 Å². The van der Waals surface area contributed by atoms with Gasteiger partial charge in [0.25, 0.3) is 0 Å². The second-order valence-electron chi connectivity index (χ2n) is 16.0. The number of piperidine rings is 2. The molecule has 0 aliphatic carbocycles. The number of hydrogen-bond acceptors (Lipinski definition) is 10. The maximum Gasteiger partial charge on any atom is 0.410 e. The number of esters is 1. The number of carbonyl (C=O) groups is 3. The summed E-state index contributed by atoms with van der Waals surface area (Å²) in [7, 11) is -2.01. The fourth-order valence-electron chi connectivity index (χ4n) is 7.76. The van der Waals surface area contributed by atoms with Crippen molar-refractivity contribution in [2.75, 3.05) is 65.3 Å². The smallest absolute Gasteiger partial charge is 0.410 e. The molecule has 3 aliphatic rings. The number of unbranched alkanes of at least 4 members (excludes halogenated alkanes) is 1. The van der Waals surface area contributed by atoms with E-state index in [9.17, 15) is 22.8 Å². The minimum absolute atomic E-state index is 0.0847. The summed E-state index contributed by atoms with van der Waals surface area (Å²) in [6.45, 7) is 14.5. The van der Waals surface area contributed by atoms with Crippen molar-refractivity contribution in [3.8, 4) is 5.75 Å². The third-order valence-corrected chi connectivity index (χ3v) is 12.2. The number of sulfonamides is 1. The molecule has 1 aromatic carbocycles. The van der Waals surface area contributed by atoms with Crippen molar-refractivity contribution >= 4 is 28.0 Å². The summed E-state index contributed by atoms with van der Waals surface area (Å²) in [4.78, 5) is 45.4. The van der Waals surface area contributed by atoms with E-state index in [1.54, 1.807) is 14.0 Å². The van der Waals surface area contributed by atoms with Gasteiger partial charge in [0.1, 0.15) is 17.4 Å². The van der Waals surface area contributed by atoms with Crippen LogP contribution in [0.3, 0.4) is 0 Å². The fraction of sp³-hybridized carbons (Fsp3) is 0.769. The Bertz CT molecular complexity index is 1430. The Hall–Kier alpha value is -2.94. The van der Waals surface area contributed by atoms with Crippen molar-refractivity contribution in [3.05, 3.63) is 29.8 Å². The third kappa shape index (κ3) is 14.0. The van der Waals surface area contributed by atoms with Crippen molar-refractivity contribution in [2.24, 2.45) is 11.8 Å². The van der Waals surface area contributed by atoms with Crippen LogP contribution >= 0.6 is 0 Å². The molecule has 4 rings (SSSR count). The number of amides is 2. The van der Waals surface area contributed by atoms with E-state index in [1.807, 2.05) is 44.7 Å². The number of carbonyl (C=O) groups excluding carboxylic acids is 3. The number of nitrogens with one attached hydrogen (secondary N) is 2. The van der Waals surface area contributed by atoms with Crippen LogP contribution in [-0.2, 0) is 35.5 Å². The van der Waals surface area contributed by atoms with Gasteiger partial charge >= 0.3 is 12.1 Å². The second kappa shape index (κ2) is 20.1. The number of benzene rings is 1. The van der Waals surface area contributed by atoms with Crippen LogP contribution < -0.4 is 14.8 Å². The zero-order valence-electron chi connectivity index (χ0n) is 32.9. The first-order chi connectivity index (χ1) is 25.2. The first kappa shape index (κ1) is 42.8. The van der Waals surface area contributed by atoms with Crippen LogP contribution in [-0.4, -0.2) is 130 Å². The Morgan fingerprint density at radius 1 is 0.981 bits per heavy atom. The number of hydrogen-bond donors (Lipinski definition) is 2. The molecule has 0 aromatic heterocycles. The summed E-state index contributed by atoms with van der Waals surface area (Å²) in [5, 5.41) is 2.82. The number of methoxy groups -OCH3 is 1. The van der Waals surface area contributed by atoms with E-state index in [4.69, 9.17) is 14.2 Å². The molecule has 0 radical (unpaired) electrons. The van der Waals surface area contributed by atoms with Gasteiger partial charge in [-0.3, -0.25) is 19.4 Å². The minimum atomic E-state index is -3.69. The zero-order valence-corrected chi connectivity index (χ0v) is 33.8. The van der Waals surface area contributed by atoms with Crippen LogP contribution in [0.25, 0.3) is 0 Å². The first-order valence-corrected chi connectivity index (χ1v) is 21.4. The molecule has 3 fully saturated rings. The molecule has 300 valence electrons.